The number of sulfonamides is 1. The second kappa shape index (κ2) is 9.89. The number of carbonyl (C=O) groups excluding carboxylic acids is 1. The van der Waals surface area contributed by atoms with Crippen LogP contribution in [0, 0.1) is 0 Å². The smallest absolute Gasteiger partial charge is 0.246 e. The van der Waals surface area contributed by atoms with Crippen LogP contribution in [0.1, 0.15) is 13.8 Å². The molecule has 1 aromatic heterocycles. The average Bonchev–Trinajstić information content (AvgIpc) is 3.03. The van der Waals surface area contributed by atoms with Crippen molar-refractivity contribution in [1.29, 1.82) is 0 Å². The van der Waals surface area contributed by atoms with Gasteiger partial charge in [0.05, 0.1) is 18.0 Å². The van der Waals surface area contributed by atoms with E-state index >= 15 is 0 Å². The van der Waals surface area contributed by atoms with Crippen molar-refractivity contribution < 1.29 is 17.9 Å². The molecule has 0 saturated heterocycles. The summed E-state index contributed by atoms with van der Waals surface area (Å²) < 4.78 is 31.8. The van der Waals surface area contributed by atoms with Crippen LogP contribution < -0.4 is 14.4 Å². The molecule has 0 fully saturated rings. The minimum absolute atomic E-state index is 0.0595. The molecule has 0 radical (unpaired) electrons. The Morgan fingerprint density at radius 3 is 2.82 bits per heavy atom. The van der Waals surface area contributed by atoms with Crippen molar-refractivity contribution in [1.82, 2.24) is 10.2 Å². The van der Waals surface area contributed by atoms with Gasteiger partial charge < -0.3 is 4.74 Å². The fraction of sp³-hybridized carbons (Fsp3) is 0.353. The number of aromatic nitrogens is 2. The molecule has 2 aromatic rings. The summed E-state index contributed by atoms with van der Waals surface area (Å²) >= 11 is 2.66. The molecule has 1 aromatic carbocycles. The monoisotopic (exact) mass is 442 g/mol. The molecular formula is C17H22N4O4S3. The Morgan fingerprint density at radius 2 is 2.18 bits per heavy atom. The summed E-state index contributed by atoms with van der Waals surface area (Å²) in [6.45, 7) is 6.99. The second-order valence-electron chi connectivity index (χ2n) is 5.95. The zero-order chi connectivity index (χ0) is 20.7. The third-order valence-electron chi connectivity index (χ3n) is 3.14. The number of benzene rings is 1. The van der Waals surface area contributed by atoms with Crippen LogP contribution in [-0.4, -0.2) is 49.2 Å². The number of carbonyl (C=O) groups is 1. The lowest BCUT2D eigenvalue weighted by Crippen LogP contribution is -2.37. The molecule has 0 aliphatic heterocycles. The lowest BCUT2D eigenvalue weighted by molar-refractivity contribution is -0.114. The fourth-order valence-corrected chi connectivity index (χ4v) is 4.50. The van der Waals surface area contributed by atoms with Crippen LogP contribution in [0.3, 0.4) is 0 Å². The van der Waals surface area contributed by atoms with Crippen molar-refractivity contribution in [2.24, 2.45) is 0 Å². The van der Waals surface area contributed by atoms with Gasteiger partial charge in [0.15, 0.2) is 4.34 Å². The van der Waals surface area contributed by atoms with E-state index in [9.17, 15) is 13.2 Å². The minimum Gasteiger partial charge on any atom is -0.491 e. The van der Waals surface area contributed by atoms with E-state index < -0.39 is 22.5 Å². The predicted molar refractivity (Wildman–Crippen MR) is 114 cm³/mol. The Labute approximate surface area is 173 Å². The Morgan fingerprint density at radius 1 is 1.43 bits per heavy atom. The van der Waals surface area contributed by atoms with Gasteiger partial charge in [0.1, 0.15) is 12.3 Å². The summed E-state index contributed by atoms with van der Waals surface area (Å²) in [6.07, 6.45) is 2.73. The highest BCUT2D eigenvalue weighted by Gasteiger charge is 2.22. The number of thioether (sulfide) groups is 1. The number of hydrogen-bond donors (Lipinski definition) is 1. The van der Waals surface area contributed by atoms with Gasteiger partial charge in [-0.15, -0.1) is 16.8 Å². The third-order valence-corrected chi connectivity index (χ3v) is 6.25. The van der Waals surface area contributed by atoms with Crippen molar-refractivity contribution in [3.63, 3.8) is 0 Å². The van der Waals surface area contributed by atoms with Gasteiger partial charge in [0, 0.05) is 11.8 Å². The summed E-state index contributed by atoms with van der Waals surface area (Å²) in [4.78, 5) is 12.4. The van der Waals surface area contributed by atoms with Crippen LogP contribution in [-0.2, 0) is 14.8 Å². The van der Waals surface area contributed by atoms with Gasteiger partial charge in [-0.05, 0) is 26.0 Å². The van der Waals surface area contributed by atoms with E-state index in [0.717, 1.165) is 10.6 Å². The molecule has 0 aliphatic carbocycles. The second-order valence-corrected chi connectivity index (χ2v) is 10.1. The number of ether oxygens (including phenoxy) is 1. The number of rotatable bonds is 10. The highest BCUT2D eigenvalue weighted by atomic mass is 32.2. The van der Waals surface area contributed by atoms with Crippen LogP contribution in [0.15, 0.2) is 41.3 Å². The molecule has 0 aliphatic rings. The van der Waals surface area contributed by atoms with Crippen LogP contribution in [0.5, 0.6) is 5.75 Å². The molecular weight excluding hydrogens is 420 g/mol. The molecule has 0 spiro atoms. The molecule has 11 heteroatoms. The fourth-order valence-electron chi connectivity index (χ4n) is 2.12. The number of hydrogen-bond acceptors (Lipinski definition) is 8. The van der Waals surface area contributed by atoms with E-state index in [2.05, 4.69) is 22.1 Å². The molecule has 1 N–H and O–H groups in total. The van der Waals surface area contributed by atoms with Gasteiger partial charge in [-0.3, -0.25) is 14.4 Å². The highest BCUT2D eigenvalue weighted by Crippen LogP contribution is 2.26. The third kappa shape index (κ3) is 6.80. The first kappa shape index (κ1) is 22.2. The van der Waals surface area contributed by atoms with Gasteiger partial charge in [-0.1, -0.05) is 35.2 Å². The van der Waals surface area contributed by atoms with Gasteiger partial charge in [-0.2, -0.15) is 0 Å². The Balaban J connectivity index is 2.13. The lowest BCUT2D eigenvalue weighted by atomic mass is 10.3. The van der Waals surface area contributed by atoms with Gasteiger partial charge in [-0.25, -0.2) is 8.42 Å². The lowest BCUT2D eigenvalue weighted by Gasteiger charge is -2.22. The topological polar surface area (TPSA) is 101 Å². The number of anilines is 2. The van der Waals surface area contributed by atoms with Crippen LogP contribution in [0.25, 0.3) is 0 Å². The molecule has 152 valence electrons. The Kier molecular flexibility index (Phi) is 7.84. The normalized spacial score (nSPS) is 11.3. The number of nitrogens with zero attached hydrogens (tertiary/aromatic N) is 3. The summed E-state index contributed by atoms with van der Waals surface area (Å²) in [6, 6.07) is 6.60. The van der Waals surface area contributed by atoms with Crippen LogP contribution in [0.2, 0.25) is 0 Å². The number of nitrogens with one attached hydrogen (secondary N) is 1. The number of amides is 1. The molecule has 1 heterocycles. The molecule has 0 unspecified atom stereocenters. The van der Waals surface area contributed by atoms with Crippen molar-refractivity contribution in [3.8, 4) is 5.75 Å². The largest absolute Gasteiger partial charge is 0.491 e. The van der Waals surface area contributed by atoms with E-state index in [-0.39, 0.29) is 6.10 Å². The molecule has 0 saturated carbocycles. The molecule has 28 heavy (non-hydrogen) atoms. The minimum atomic E-state index is -3.69. The molecule has 1 amide bonds. The van der Waals surface area contributed by atoms with Crippen molar-refractivity contribution >= 4 is 49.8 Å². The van der Waals surface area contributed by atoms with E-state index in [1.165, 1.54) is 23.1 Å². The maximum Gasteiger partial charge on any atom is 0.246 e. The summed E-state index contributed by atoms with van der Waals surface area (Å²) in [5.74, 6) is 0.686. The average molecular weight is 443 g/mol. The first-order chi connectivity index (χ1) is 13.2. The first-order valence-electron chi connectivity index (χ1n) is 8.30. The zero-order valence-corrected chi connectivity index (χ0v) is 18.2. The highest BCUT2D eigenvalue weighted by molar-refractivity contribution is 8.01. The van der Waals surface area contributed by atoms with Crippen LogP contribution >= 0.6 is 23.1 Å². The van der Waals surface area contributed by atoms with E-state index in [4.69, 9.17) is 4.74 Å². The molecule has 0 atom stereocenters. The maximum atomic E-state index is 12.4. The molecule has 0 bridgehead atoms. The Hall–Kier alpha value is -2.11. The summed E-state index contributed by atoms with van der Waals surface area (Å²) in [5, 5.41) is 10.7. The van der Waals surface area contributed by atoms with Crippen molar-refractivity contribution in [3.05, 3.63) is 36.9 Å². The summed E-state index contributed by atoms with van der Waals surface area (Å²) in [7, 11) is -3.69. The quantitative estimate of drug-likeness (QED) is 0.343. The van der Waals surface area contributed by atoms with Crippen LogP contribution in [0.4, 0.5) is 10.8 Å². The van der Waals surface area contributed by atoms with Crippen molar-refractivity contribution in [2.75, 3.05) is 28.2 Å². The standard InChI is InChI=1S/C17H22N4O4S3/c1-5-9-26-17-20-19-16(27-17)18-15(22)11-21(28(4,23)24)13-7-6-8-14(10-13)25-12(2)3/h5-8,10,12H,1,9,11H2,2-4H3,(H,18,19,22). The van der Waals surface area contributed by atoms with E-state index in [0.29, 0.717) is 26.7 Å². The maximum absolute atomic E-state index is 12.4. The van der Waals surface area contributed by atoms with Crippen molar-refractivity contribution in [2.45, 2.75) is 24.3 Å². The first-order valence-corrected chi connectivity index (χ1v) is 12.0. The van der Waals surface area contributed by atoms with E-state index in [1.54, 1.807) is 30.3 Å². The van der Waals surface area contributed by atoms with Gasteiger partial charge >= 0.3 is 0 Å². The molecule has 8 nitrogen and oxygen atoms in total. The SMILES string of the molecule is C=CCSc1nnc(NC(=O)CN(c2cccc(OC(C)C)c2)S(C)(=O)=O)s1. The zero-order valence-electron chi connectivity index (χ0n) is 15.8. The molecule has 2 rings (SSSR count). The van der Waals surface area contributed by atoms with Gasteiger partial charge in [0.25, 0.3) is 0 Å². The van der Waals surface area contributed by atoms with E-state index in [1.807, 2.05) is 13.8 Å². The Bertz CT molecular complexity index is 928. The van der Waals surface area contributed by atoms with Gasteiger partial charge in [0.2, 0.25) is 21.1 Å². The predicted octanol–water partition coefficient (Wildman–Crippen LogP) is 3.01. The summed E-state index contributed by atoms with van der Waals surface area (Å²) in [5.41, 5.74) is 0.343.